The van der Waals surface area contributed by atoms with Crippen LogP contribution in [0.5, 0.6) is 5.75 Å². The van der Waals surface area contributed by atoms with Crippen LogP contribution in [0.25, 0.3) is 10.8 Å². The normalized spacial score (nSPS) is 14.6. The molecule has 3 aromatic carbocycles. The van der Waals surface area contributed by atoms with Gasteiger partial charge in [0.1, 0.15) is 10.6 Å². The highest BCUT2D eigenvalue weighted by molar-refractivity contribution is 7.89. The standard InChI is InChI=1S/C25H28N2O4S/c1-27(17-18-11-12-19-7-3-4-8-20(19)15-18)25(28)21-13-14-23(31-2)24(16-21)32(29,30)26-22-9-5-6-10-22/h3-4,7-8,11-16,22,26H,5-6,9-10,17H2,1-2H3. The van der Waals surface area contributed by atoms with Crippen LogP contribution in [-0.2, 0) is 16.6 Å². The molecule has 3 aromatic rings. The third kappa shape index (κ3) is 4.79. The van der Waals surface area contributed by atoms with E-state index in [1.807, 2.05) is 36.4 Å². The summed E-state index contributed by atoms with van der Waals surface area (Å²) < 4.78 is 34.1. The topological polar surface area (TPSA) is 75.7 Å². The molecular formula is C25H28N2O4S. The Hall–Kier alpha value is -2.90. The lowest BCUT2D eigenvalue weighted by Gasteiger charge is -2.19. The van der Waals surface area contributed by atoms with Crippen LogP contribution in [0.15, 0.2) is 65.6 Å². The van der Waals surface area contributed by atoms with Crippen LogP contribution >= 0.6 is 0 Å². The maximum atomic E-state index is 13.1. The van der Waals surface area contributed by atoms with E-state index in [1.165, 1.54) is 13.2 Å². The molecule has 32 heavy (non-hydrogen) atoms. The third-order valence-corrected chi connectivity index (χ3v) is 7.50. The zero-order valence-corrected chi connectivity index (χ0v) is 19.2. The number of carbonyl (C=O) groups excluding carboxylic acids is 1. The summed E-state index contributed by atoms with van der Waals surface area (Å²) in [6.45, 7) is 0.415. The number of carbonyl (C=O) groups is 1. The van der Waals surface area contributed by atoms with Gasteiger partial charge in [0, 0.05) is 25.2 Å². The van der Waals surface area contributed by atoms with Crippen molar-refractivity contribution in [3.63, 3.8) is 0 Å². The predicted molar refractivity (Wildman–Crippen MR) is 125 cm³/mol. The van der Waals surface area contributed by atoms with Gasteiger partial charge in [0.15, 0.2) is 0 Å². The van der Waals surface area contributed by atoms with E-state index in [2.05, 4.69) is 10.8 Å². The molecule has 4 rings (SSSR count). The number of hydrogen-bond acceptors (Lipinski definition) is 4. The minimum absolute atomic E-state index is 0.00291. The molecule has 1 amide bonds. The number of methoxy groups -OCH3 is 1. The van der Waals surface area contributed by atoms with Gasteiger partial charge in [0.05, 0.1) is 7.11 Å². The molecule has 0 saturated heterocycles. The molecule has 1 saturated carbocycles. The lowest BCUT2D eigenvalue weighted by atomic mass is 10.1. The Balaban J connectivity index is 1.56. The number of fused-ring (bicyclic) bond motifs is 1. The molecule has 168 valence electrons. The lowest BCUT2D eigenvalue weighted by molar-refractivity contribution is 0.0785. The Morgan fingerprint density at radius 1 is 1.03 bits per heavy atom. The van der Waals surface area contributed by atoms with E-state index >= 15 is 0 Å². The second kappa shape index (κ2) is 9.30. The lowest BCUT2D eigenvalue weighted by Crippen LogP contribution is -2.33. The molecule has 7 heteroatoms. The Kier molecular flexibility index (Phi) is 6.48. The highest BCUT2D eigenvalue weighted by Gasteiger charge is 2.27. The van der Waals surface area contributed by atoms with Gasteiger partial charge < -0.3 is 9.64 Å². The summed E-state index contributed by atoms with van der Waals surface area (Å²) >= 11 is 0. The monoisotopic (exact) mass is 452 g/mol. The van der Waals surface area contributed by atoms with Crippen LogP contribution in [0.3, 0.4) is 0 Å². The Morgan fingerprint density at radius 3 is 2.47 bits per heavy atom. The van der Waals surface area contributed by atoms with Crippen molar-refractivity contribution in [2.75, 3.05) is 14.2 Å². The predicted octanol–water partition coefficient (Wildman–Crippen LogP) is 4.34. The molecule has 0 heterocycles. The second-order valence-electron chi connectivity index (χ2n) is 8.31. The summed E-state index contributed by atoms with van der Waals surface area (Å²) in [7, 11) is -0.654. The summed E-state index contributed by atoms with van der Waals surface area (Å²) in [4.78, 5) is 14.7. The van der Waals surface area contributed by atoms with Gasteiger partial charge in [-0.25, -0.2) is 13.1 Å². The summed E-state index contributed by atoms with van der Waals surface area (Å²) in [6, 6.07) is 18.7. The third-order valence-electron chi connectivity index (χ3n) is 5.96. The quantitative estimate of drug-likeness (QED) is 0.579. The van der Waals surface area contributed by atoms with Crippen LogP contribution in [0.4, 0.5) is 0 Å². The van der Waals surface area contributed by atoms with Gasteiger partial charge in [-0.3, -0.25) is 4.79 Å². The van der Waals surface area contributed by atoms with Crippen LogP contribution in [0, 0.1) is 0 Å². The minimum atomic E-state index is -3.80. The molecule has 0 aromatic heterocycles. The van der Waals surface area contributed by atoms with E-state index < -0.39 is 10.0 Å². The molecule has 1 aliphatic carbocycles. The first-order valence-electron chi connectivity index (χ1n) is 10.8. The van der Waals surface area contributed by atoms with Crippen molar-refractivity contribution in [1.29, 1.82) is 0 Å². The van der Waals surface area contributed by atoms with E-state index in [9.17, 15) is 13.2 Å². The van der Waals surface area contributed by atoms with Gasteiger partial charge in [-0.1, -0.05) is 49.2 Å². The fourth-order valence-electron chi connectivity index (χ4n) is 4.25. The van der Waals surface area contributed by atoms with Crippen LogP contribution < -0.4 is 9.46 Å². The molecule has 0 aliphatic heterocycles. The van der Waals surface area contributed by atoms with E-state index in [4.69, 9.17) is 4.74 Å². The van der Waals surface area contributed by atoms with Gasteiger partial charge in [-0.05, 0) is 53.4 Å². The van der Waals surface area contributed by atoms with Gasteiger partial charge in [0.25, 0.3) is 5.91 Å². The number of hydrogen-bond donors (Lipinski definition) is 1. The number of benzene rings is 3. The molecule has 0 unspecified atom stereocenters. The summed E-state index contributed by atoms with van der Waals surface area (Å²) in [5.74, 6) is -0.0256. The fraction of sp³-hybridized carbons (Fsp3) is 0.320. The largest absolute Gasteiger partial charge is 0.495 e. The highest BCUT2D eigenvalue weighted by Crippen LogP contribution is 2.28. The number of ether oxygens (including phenoxy) is 1. The van der Waals surface area contributed by atoms with Crippen molar-refractivity contribution in [3.05, 3.63) is 71.8 Å². The molecule has 0 radical (unpaired) electrons. The Morgan fingerprint density at radius 2 is 1.75 bits per heavy atom. The SMILES string of the molecule is COc1ccc(C(=O)N(C)Cc2ccc3ccccc3c2)cc1S(=O)(=O)NC1CCCC1. The van der Waals surface area contributed by atoms with Crippen LogP contribution in [0.2, 0.25) is 0 Å². The first-order chi connectivity index (χ1) is 15.4. The van der Waals surface area contributed by atoms with Crippen molar-refractivity contribution in [3.8, 4) is 5.75 Å². The number of nitrogens with one attached hydrogen (secondary N) is 1. The first kappa shape index (κ1) is 22.3. The van der Waals surface area contributed by atoms with E-state index in [0.717, 1.165) is 42.0 Å². The maximum absolute atomic E-state index is 13.1. The van der Waals surface area contributed by atoms with Crippen LogP contribution in [0.1, 0.15) is 41.6 Å². The molecule has 6 nitrogen and oxygen atoms in total. The molecule has 0 atom stereocenters. The molecule has 1 aliphatic rings. The zero-order chi connectivity index (χ0) is 22.7. The summed E-state index contributed by atoms with van der Waals surface area (Å²) in [5.41, 5.74) is 1.31. The number of nitrogens with zero attached hydrogens (tertiary/aromatic N) is 1. The number of sulfonamides is 1. The van der Waals surface area contributed by atoms with Crippen LogP contribution in [-0.4, -0.2) is 39.4 Å². The van der Waals surface area contributed by atoms with Gasteiger partial charge in [0.2, 0.25) is 10.0 Å². The maximum Gasteiger partial charge on any atom is 0.253 e. The van der Waals surface area contributed by atoms with Crippen molar-refractivity contribution in [2.24, 2.45) is 0 Å². The molecule has 1 N–H and O–H groups in total. The number of amides is 1. The average Bonchev–Trinajstić information content (AvgIpc) is 3.30. The summed E-state index contributed by atoms with van der Waals surface area (Å²) in [5, 5.41) is 2.26. The van der Waals surface area contributed by atoms with Crippen molar-refractivity contribution >= 4 is 26.7 Å². The summed E-state index contributed by atoms with van der Waals surface area (Å²) in [6.07, 6.45) is 3.69. The zero-order valence-electron chi connectivity index (χ0n) is 18.4. The van der Waals surface area contributed by atoms with Gasteiger partial charge in [-0.2, -0.15) is 0 Å². The second-order valence-corrected chi connectivity index (χ2v) is 9.99. The minimum Gasteiger partial charge on any atom is -0.495 e. The first-order valence-corrected chi connectivity index (χ1v) is 12.3. The molecule has 0 bridgehead atoms. The Bertz CT molecular complexity index is 1230. The molecule has 0 spiro atoms. The van der Waals surface area contributed by atoms with E-state index in [1.54, 1.807) is 24.1 Å². The van der Waals surface area contributed by atoms with Crippen molar-refractivity contribution < 1.29 is 17.9 Å². The van der Waals surface area contributed by atoms with E-state index in [0.29, 0.717) is 12.1 Å². The smallest absolute Gasteiger partial charge is 0.253 e. The van der Waals surface area contributed by atoms with Crippen molar-refractivity contribution in [2.45, 2.75) is 43.2 Å². The average molecular weight is 453 g/mol. The van der Waals surface area contributed by atoms with E-state index in [-0.39, 0.29) is 22.6 Å². The molecule has 1 fully saturated rings. The van der Waals surface area contributed by atoms with Crippen molar-refractivity contribution in [1.82, 2.24) is 9.62 Å². The number of rotatable bonds is 7. The fourth-order valence-corrected chi connectivity index (χ4v) is 5.75. The Labute approximate surface area is 189 Å². The highest BCUT2D eigenvalue weighted by atomic mass is 32.2. The van der Waals surface area contributed by atoms with Gasteiger partial charge in [-0.15, -0.1) is 0 Å². The van der Waals surface area contributed by atoms with Gasteiger partial charge >= 0.3 is 0 Å². The molecular weight excluding hydrogens is 424 g/mol.